The van der Waals surface area contributed by atoms with Crippen LogP contribution in [0.15, 0.2) is 12.4 Å². The lowest BCUT2D eigenvalue weighted by molar-refractivity contribution is 0.0350. The normalized spacial score (nSPS) is 23.1. The lowest BCUT2D eigenvalue weighted by atomic mass is 10.1. The van der Waals surface area contributed by atoms with E-state index in [4.69, 9.17) is 4.74 Å². The second kappa shape index (κ2) is 7.66. The van der Waals surface area contributed by atoms with Gasteiger partial charge >= 0.3 is 0 Å². The van der Waals surface area contributed by atoms with Crippen molar-refractivity contribution >= 4 is 11.3 Å². The maximum absolute atomic E-state index is 6.17. The van der Waals surface area contributed by atoms with Crippen LogP contribution in [-0.4, -0.2) is 70.1 Å². The van der Waals surface area contributed by atoms with Crippen LogP contribution in [0.5, 0.6) is 0 Å². The quantitative estimate of drug-likeness (QED) is 0.842. The number of piperidine rings is 1. The summed E-state index contributed by atoms with van der Waals surface area (Å²) in [5.41, 5.74) is 3.05. The van der Waals surface area contributed by atoms with Gasteiger partial charge in [0.25, 0.3) is 0 Å². The zero-order chi connectivity index (χ0) is 17.1. The van der Waals surface area contributed by atoms with E-state index in [0.29, 0.717) is 0 Å². The van der Waals surface area contributed by atoms with Crippen molar-refractivity contribution in [2.75, 3.05) is 44.2 Å². The average molecular weight is 344 g/mol. The van der Waals surface area contributed by atoms with Crippen LogP contribution in [0.1, 0.15) is 38.3 Å². The monoisotopic (exact) mass is 344 g/mol. The standard InChI is InChI=1S/C18H28N6O/c1-2-15-11-17(18-20-19-14-24(18)21-15)23-9-6-10-25-16(13-23)12-22-7-4-3-5-8-22/h11,14,16H,2-10,12-13H2,1H3. The van der Waals surface area contributed by atoms with Crippen LogP contribution in [-0.2, 0) is 11.2 Å². The number of aromatic nitrogens is 4. The molecule has 2 aliphatic heterocycles. The third-order valence-corrected chi connectivity index (χ3v) is 5.26. The molecule has 7 heteroatoms. The van der Waals surface area contributed by atoms with Crippen LogP contribution in [0.4, 0.5) is 5.69 Å². The number of ether oxygens (including phenoxy) is 1. The van der Waals surface area contributed by atoms with Gasteiger partial charge in [-0.3, -0.25) is 0 Å². The van der Waals surface area contributed by atoms with Gasteiger partial charge in [-0.2, -0.15) is 9.61 Å². The van der Waals surface area contributed by atoms with E-state index in [2.05, 4.69) is 38.1 Å². The zero-order valence-electron chi connectivity index (χ0n) is 15.1. The molecule has 2 fully saturated rings. The molecule has 1 atom stereocenters. The van der Waals surface area contributed by atoms with Gasteiger partial charge in [0.2, 0.25) is 5.65 Å². The Labute approximate surface area is 149 Å². The van der Waals surface area contributed by atoms with E-state index in [1.807, 2.05) is 0 Å². The minimum atomic E-state index is 0.252. The van der Waals surface area contributed by atoms with E-state index < -0.39 is 0 Å². The summed E-state index contributed by atoms with van der Waals surface area (Å²) in [6, 6.07) is 2.17. The van der Waals surface area contributed by atoms with Crippen LogP contribution in [0, 0.1) is 0 Å². The molecule has 0 radical (unpaired) electrons. The molecule has 4 heterocycles. The number of aryl methyl sites for hydroxylation is 1. The Bertz CT molecular complexity index is 696. The van der Waals surface area contributed by atoms with Crippen molar-refractivity contribution in [3.63, 3.8) is 0 Å². The molecule has 25 heavy (non-hydrogen) atoms. The fourth-order valence-electron chi connectivity index (χ4n) is 3.92. The summed E-state index contributed by atoms with van der Waals surface area (Å²) < 4.78 is 7.97. The summed E-state index contributed by atoms with van der Waals surface area (Å²) in [4.78, 5) is 4.99. The number of rotatable bonds is 4. The molecule has 2 saturated heterocycles. The molecule has 136 valence electrons. The van der Waals surface area contributed by atoms with Gasteiger partial charge in [-0.25, -0.2) is 0 Å². The molecular weight excluding hydrogens is 316 g/mol. The maximum atomic E-state index is 6.17. The molecule has 0 saturated carbocycles. The SMILES string of the molecule is CCc1cc(N2CCCOC(CN3CCCCC3)C2)c2nncn2n1. The number of anilines is 1. The Morgan fingerprint density at radius 3 is 2.88 bits per heavy atom. The molecule has 0 N–H and O–H groups in total. The Morgan fingerprint density at radius 2 is 2.04 bits per heavy atom. The summed E-state index contributed by atoms with van der Waals surface area (Å²) in [5, 5.41) is 12.9. The van der Waals surface area contributed by atoms with Gasteiger partial charge in [0, 0.05) is 26.2 Å². The lowest BCUT2D eigenvalue weighted by Gasteiger charge is -2.32. The first-order valence-corrected chi connectivity index (χ1v) is 9.62. The Balaban J connectivity index is 1.55. The molecule has 1 unspecified atom stereocenters. The Kier molecular flexibility index (Phi) is 5.12. The highest BCUT2D eigenvalue weighted by molar-refractivity contribution is 5.68. The highest BCUT2D eigenvalue weighted by atomic mass is 16.5. The number of hydrogen-bond acceptors (Lipinski definition) is 6. The van der Waals surface area contributed by atoms with Gasteiger partial charge in [0.05, 0.1) is 17.5 Å². The van der Waals surface area contributed by atoms with Crippen molar-refractivity contribution in [3.8, 4) is 0 Å². The van der Waals surface area contributed by atoms with E-state index in [0.717, 1.165) is 56.1 Å². The van der Waals surface area contributed by atoms with E-state index >= 15 is 0 Å². The van der Waals surface area contributed by atoms with Crippen molar-refractivity contribution in [2.24, 2.45) is 0 Å². The van der Waals surface area contributed by atoms with Crippen LogP contribution in [0.25, 0.3) is 5.65 Å². The molecule has 2 aliphatic rings. The Morgan fingerprint density at radius 1 is 1.16 bits per heavy atom. The van der Waals surface area contributed by atoms with E-state index in [9.17, 15) is 0 Å². The first-order chi connectivity index (χ1) is 12.3. The van der Waals surface area contributed by atoms with Gasteiger partial charge in [0.15, 0.2) is 0 Å². The van der Waals surface area contributed by atoms with Gasteiger partial charge in [-0.1, -0.05) is 13.3 Å². The average Bonchev–Trinajstić information content (AvgIpc) is 3.00. The van der Waals surface area contributed by atoms with Crippen molar-refractivity contribution in [2.45, 2.75) is 45.1 Å². The lowest BCUT2D eigenvalue weighted by Crippen LogP contribution is -2.42. The van der Waals surface area contributed by atoms with E-state index in [1.165, 1.54) is 32.4 Å². The maximum Gasteiger partial charge on any atom is 0.200 e. The summed E-state index contributed by atoms with van der Waals surface area (Å²) >= 11 is 0. The first-order valence-electron chi connectivity index (χ1n) is 9.62. The van der Waals surface area contributed by atoms with Gasteiger partial charge in [-0.15, -0.1) is 10.2 Å². The van der Waals surface area contributed by atoms with Crippen LogP contribution >= 0.6 is 0 Å². The van der Waals surface area contributed by atoms with Crippen molar-refractivity contribution < 1.29 is 4.74 Å². The topological polar surface area (TPSA) is 58.8 Å². The second-order valence-corrected chi connectivity index (χ2v) is 7.13. The number of likely N-dealkylation sites (tertiary alicyclic amines) is 1. The second-order valence-electron chi connectivity index (χ2n) is 7.13. The summed E-state index contributed by atoms with van der Waals surface area (Å²) in [6.45, 7) is 8.33. The summed E-state index contributed by atoms with van der Waals surface area (Å²) in [6.07, 6.45) is 7.90. The van der Waals surface area contributed by atoms with Crippen LogP contribution < -0.4 is 4.90 Å². The fourth-order valence-corrected chi connectivity index (χ4v) is 3.92. The third-order valence-electron chi connectivity index (χ3n) is 5.26. The molecule has 0 aromatic carbocycles. The third kappa shape index (κ3) is 3.77. The number of hydrogen-bond donors (Lipinski definition) is 0. The zero-order valence-corrected chi connectivity index (χ0v) is 15.1. The molecule has 0 bridgehead atoms. The fraction of sp³-hybridized carbons (Fsp3) is 0.722. The smallest absolute Gasteiger partial charge is 0.200 e. The molecule has 0 aliphatic carbocycles. The predicted octanol–water partition coefficient (Wildman–Crippen LogP) is 1.77. The van der Waals surface area contributed by atoms with Gasteiger partial charge in [-0.05, 0) is 44.8 Å². The molecule has 0 spiro atoms. The summed E-state index contributed by atoms with van der Waals surface area (Å²) in [7, 11) is 0. The van der Waals surface area contributed by atoms with Crippen molar-refractivity contribution in [1.82, 2.24) is 24.7 Å². The molecule has 2 aromatic heterocycles. The largest absolute Gasteiger partial charge is 0.375 e. The van der Waals surface area contributed by atoms with E-state index in [-0.39, 0.29) is 6.10 Å². The van der Waals surface area contributed by atoms with E-state index in [1.54, 1.807) is 10.8 Å². The minimum absolute atomic E-state index is 0.252. The Hall–Kier alpha value is -1.73. The number of fused-ring (bicyclic) bond motifs is 1. The molecule has 2 aromatic rings. The molecule has 0 amide bonds. The predicted molar refractivity (Wildman–Crippen MR) is 97.0 cm³/mol. The van der Waals surface area contributed by atoms with Crippen molar-refractivity contribution in [3.05, 3.63) is 18.1 Å². The highest BCUT2D eigenvalue weighted by Crippen LogP contribution is 2.23. The van der Waals surface area contributed by atoms with Crippen LogP contribution in [0.3, 0.4) is 0 Å². The molecular formula is C18H28N6O. The molecule has 4 rings (SSSR count). The minimum Gasteiger partial charge on any atom is -0.375 e. The van der Waals surface area contributed by atoms with Crippen LogP contribution in [0.2, 0.25) is 0 Å². The van der Waals surface area contributed by atoms with Crippen molar-refractivity contribution in [1.29, 1.82) is 0 Å². The van der Waals surface area contributed by atoms with Gasteiger partial charge < -0.3 is 14.5 Å². The molecule has 7 nitrogen and oxygen atoms in total. The highest BCUT2D eigenvalue weighted by Gasteiger charge is 2.24. The summed E-state index contributed by atoms with van der Waals surface area (Å²) in [5.74, 6) is 0. The number of nitrogens with zero attached hydrogens (tertiary/aromatic N) is 6. The van der Waals surface area contributed by atoms with Gasteiger partial charge in [0.1, 0.15) is 6.33 Å². The first kappa shape index (κ1) is 16.7.